The molecular weight excluding hydrogens is 728 g/mol. The highest BCUT2D eigenvalue weighted by atomic mass is 19.1. The predicted octanol–water partition coefficient (Wildman–Crippen LogP) is 6.21. The zero-order valence-electron chi connectivity index (χ0n) is 34.5. The van der Waals surface area contributed by atoms with Crippen LogP contribution in [0.25, 0.3) is 0 Å². The molecule has 6 rings (SSSR count). The molecule has 0 aromatic carbocycles. The number of amides is 3. The molecule has 3 amide bonds. The van der Waals surface area contributed by atoms with Crippen molar-refractivity contribution >= 4 is 11.9 Å². The molecule has 4 aliphatic rings. The van der Waals surface area contributed by atoms with Crippen molar-refractivity contribution in [3.63, 3.8) is 0 Å². The molecule has 2 aromatic rings. The summed E-state index contributed by atoms with van der Waals surface area (Å²) in [5, 5.41) is 15.5. The average molecular weight is 787 g/mol. The molecule has 308 valence electrons. The van der Waals surface area contributed by atoms with E-state index >= 15 is 4.39 Å². The van der Waals surface area contributed by atoms with Gasteiger partial charge in [0.1, 0.15) is 11.4 Å². The Balaban J connectivity index is 1.18. The fraction of sp³-hybridized carbons (Fsp3) is 0.568. The number of halogens is 1. The number of fused-ring (bicyclic) bond motifs is 1. The van der Waals surface area contributed by atoms with Crippen molar-refractivity contribution in [3.8, 4) is 5.88 Å². The molecule has 57 heavy (non-hydrogen) atoms. The lowest BCUT2D eigenvalue weighted by atomic mass is 9.74. The molecule has 3 N–H and O–H groups in total. The molecule has 0 saturated carbocycles. The minimum absolute atomic E-state index is 0.0348. The van der Waals surface area contributed by atoms with Crippen LogP contribution in [0.5, 0.6) is 5.88 Å². The van der Waals surface area contributed by atoms with Crippen molar-refractivity contribution in [2.45, 2.75) is 109 Å². The summed E-state index contributed by atoms with van der Waals surface area (Å²) in [4.78, 5) is 57.9. The summed E-state index contributed by atoms with van der Waals surface area (Å²) in [7, 11) is 4.49. The van der Waals surface area contributed by atoms with Gasteiger partial charge in [-0.25, -0.2) is 19.0 Å². The highest BCUT2D eigenvalue weighted by Crippen LogP contribution is 2.48. The Kier molecular flexibility index (Phi) is 12.8. The van der Waals surface area contributed by atoms with E-state index in [2.05, 4.69) is 30.5 Å². The van der Waals surface area contributed by atoms with Crippen molar-refractivity contribution in [1.29, 1.82) is 0 Å². The third-order valence-corrected chi connectivity index (χ3v) is 13.2. The molecule has 1 saturated heterocycles. The molecule has 0 spiro atoms. The van der Waals surface area contributed by atoms with Crippen LogP contribution >= 0.6 is 0 Å². The Hall–Kier alpha value is -4.78. The van der Waals surface area contributed by atoms with E-state index < -0.39 is 17.2 Å². The molecule has 12 nitrogen and oxygen atoms in total. The van der Waals surface area contributed by atoms with Crippen molar-refractivity contribution in [1.82, 2.24) is 29.7 Å². The van der Waals surface area contributed by atoms with Gasteiger partial charge in [-0.05, 0) is 117 Å². The van der Waals surface area contributed by atoms with Gasteiger partial charge in [-0.15, -0.1) is 0 Å². The van der Waals surface area contributed by atoms with Gasteiger partial charge in [0.05, 0.1) is 19.4 Å². The first kappa shape index (κ1) is 41.8. The van der Waals surface area contributed by atoms with Crippen molar-refractivity contribution in [3.05, 3.63) is 102 Å². The largest absolute Gasteiger partial charge is 0.481 e. The number of ether oxygens (including phenoxy) is 1. The molecule has 0 radical (unpaired) electrons. The third-order valence-electron chi connectivity index (χ3n) is 13.2. The van der Waals surface area contributed by atoms with Crippen molar-refractivity contribution in [2.24, 2.45) is 25.9 Å². The number of nitrogens with one attached hydrogen (secondary N) is 2. The van der Waals surface area contributed by atoms with Gasteiger partial charge in [0.25, 0.3) is 11.5 Å². The fourth-order valence-electron chi connectivity index (χ4n) is 9.55. The summed E-state index contributed by atoms with van der Waals surface area (Å²) >= 11 is 0. The van der Waals surface area contributed by atoms with E-state index in [0.717, 1.165) is 72.8 Å². The second kappa shape index (κ2) is 17.4. The number of methoxy groups -OCH3 is 1. The van der Waals surface area contributed by atoms with Crippen LogP contribution < -0.4 is 26.6 Å². The molecule has 4 unspecified atom stereocenters. The standard InChI is InChI=1S/C44H59FN6O6/c1-8-28(17-18-44(9-2)19-20-51(21-22-52)42(55)48-44)23-29-13-14-30-24-36(47-40(57-7)38(29)30)31-15-16-34(45)37(27(31)4)32-11-10-12-35(26(32)3)46-39(53)33-25-49(5)43(56)50(6)41(33)54/h12,15-16,24-25,27-29,31,52H,8-11,13-14,17-23H2,1-7H3,(H,46,53)(H,48,55)/t27?,28?,29?,31?,44-/m0/s1. The minimum atomic E-state index is -0.686. The first-order valence-electron chi connectivity index (χ1n) is 20.6. The number of hydrogen-bond acceptors (Lipinski definition) is 7. The molecule has 5 atom stereocenters. The van der Waals surface area contributed by atoms with E-state index in [-0.39, 0.29) is 41.4 Å². The summed E-state index contributed by atoms with van der Waals surface area (Å²) in [6, 6.07) is 2.10. The van der Waals surface area contributed by atoms with Crippen LogP contribution in [0.1, 0.15) is 124 Å². The molecule has 0 bridgehead atoms. The summed E-state index contributed by atoms with van der Waals surface area (Å²) in [6.45, 7) is 9.25. The number of β-amino-alcohol motifs (C(OH)–C–C–N with tert-alkyl or cyclic N) is 1. The number of hydrogen-bond donors (Lipinski definition) is 3. The van der Waals surface area contributed by atoms with Gasteiger partial charge in [-0.1, -0.05) is 39.3 Å². The zero-order chi connectivity index (χ0) is 41.2. The Morgan fingerprint density at radius 2 is 1.98 bits per heavy atom. The van der Waals surface area contributed by atoms with E-state index in [0.29, 0.717) is 54.9 Å². The van der Waals surface area contributed by atoms with E-state index in [1.54, 1.807) is 12.0 Å². The lowest BCUT2D eigenvalue weighted by Gasteiger charge is -2.43. The van der Waals surface area contributed by atoms with Gasteiger partial charge in [0.2, 0.25) is 5.88 Å². The van der Waals surface area contributed by atoms with Crippen LogP contribution in [-0.2, 0) is 20.5 Å². The van der Waals surface area contributed by atoms with Gasteiger partial charge >= 0.3 is 11.7 Å². The minimum Gasteiger partial charge on any atom is -0.481 e. The lowest BCUT2D eigenvalue weighted by molar-refractivity contribution is 0.0963. The van der Waals surface area contributed by atoms with Crippen LogP contribution in [-0.4, -0.2) is 68.4 Å². The van der Waals surface area contributed by atoms with E-state index in [4.69, 9.17) is 9.72 Å². The third kappa shape index (κ3) is 8.31. The summed E-state index contributed by atoms with van der Waals surface area (Å²) in [5.41, 5.74) is 4.30. The van der Waals surface area contributed by atoms with Crippen molar-refractivity contribution in [2.75, 3.05) is 26.8 Å². The maximum absolute atomic E-state index is 15.9. The van der Waals surface area contributed by atoms with Crippen LogP contribution in [0.15, 0.2) is 68.3 Å². The van der Waals surface area contributed by atoms with E-state index in [9.17, 15) is 24.3 Å². The topological polar surface area (TPSA) is 148 Å². The maximum Gasteiger partial charge on any atom is 0.330 e. The molecule has 2 aromatic heterocycles. The fourth-order valence-corrected chi connectivity index (χ4v) is 9.55. The second-order valence-electron chi connectivity index (χ2n) is 16.4. The number of urea groups is 1. The summed E-state index contributed by atoms with van der Waals surface area (Å²) < 4.78 is 24.0. The monoisotopic (exact) mass is 786 g/mol. The summed E-state index contributed by atoms with van der Waals surface area (Å²) in [6.07, 6.45) is 15.4. The Labute approximate surface area is 334 Å². The maximum atomic E-state index is 15.9. The van der Waals surface area contributed by atoms with Gasteiger partial charge in [-0.2, -0.15) is 0 Å². The van der Waals surface area contributed by atoms with Crippen LogP contribution in [0, 0.1) is 11.8 Å². The number of aromatic nitrogens is 3. The SMILES string of the molecule is CCC(CC[C@@]1(CC)CCN(CCO)C(=O)N1)CC1CCc2cc(C3C=CC(F)=C(C4=C(C)C(NC(=O)c5cn(C)c(=O)n(C)c5=O)=CCC4)C3C)nc(OC)c21. The predicted molar refractivity (Wildman–Crippen MR) is 218 cm³/mol. The Bertz CT molecular complexity index is 2150. The first-order valence-corrected chi connectivity index (χ1v) is 20.6. The normalized spacial score (nSPS) is 24.0. The molecule has 3 aliphatic carbocycles. The number of allylic oxidation sites excluding steroid dienone is 7. The quantitative estimate of drug-likeness (QED) is 0.207. The number of aryl methyl sites for hydroxylation is 2. The number of aliphatic hydroxyl groups excluding tert-OH is 1. The smallest absolute Gasteiger partial charge is 0.330 e. The highest BCUT2D eigenvalue weighted by molar-refractivity contribution is 5.95. The van der Waals surface area contributed by atoms with Gasteiger partial charge < -0.3 is 29.9 Å². The number of carbonyl (C=O) groups is 2. The van der Waals surface area contributed by atoms with Gasteiger partial charge in [0.15, 0.2) is 0 Å². The summed E-state index contributed by atoms with van der Waals surface area (Å²) in [5.74, 6) is 0.00818. The highest BCUT2D eigenvalue weighted by Gasteiger charge is 2.38. The second-order valence-corrected chi connectivity index (χ2v) is 16.4. The van der Waals surface area contributed by atoms with Crippen LogP contribution in [0.4, 0.5) is 9.18 Å². The molecule has 13 heteroatoms. The van der Waals surface area contributed by atoms with E-state index in [1.807, 2.05) is 26.0 Å². The number of pyridine rings is 1. The number of aliphatic hydroxyl groups is 1. The first-order chi connectivity index (χ1) is 27.3. The Morgan fingerprint density at radius 1 is 1.21 bits per heavy atom. The van der Waals surface area contributed by atoms with E-state index in [1.165, 1.54) is 42.1 Å². The molecule has 3 heterocycles. The number of rotatable bonds is 14. The van der Waals surface area contributed by atoms with Gasteiger partial charge in [0, 0.05) is 56.1 Å². The molecule has 1 aliphatic heterocycles. The number of carbonyl (C=O) groups excluding carboxylic acids is 2. The lowest BCUT2D eigenvalue weighted by Crippen LogP contribution is -2.60. The van der Waals surface area contributed by atoms with Crippen LogP contribution in [0.2, 0.25) is 0 Å². The average Bonchev–Trinajstić information content (AvgIpc) is 3.61. The molecule has 1 fully saturated rings. The Morgan fingerprint density at radius 3 is 2.67 bits per heavy atom. The van der Waals surface area contributed by atoms with Gasteiger partial charge in [-0.3, -0.25) is 14.2 Å². The number of nitrogens with zero attached hydrogens (tertiary/aromatic N) is 4. The zero-order valence-corrected chi connectivity index (χ0v) is 34.5. The molecular formula is C44H59FN6O6. The van der Waals surface area contributed by atoms with Crippen molar-refractivity contribution < 1.29 is 23.8 Å². The van der Waals surface area contributed by atoms with Crippen LogP contribution in [0.3, 0.4) is 0 Å².